The van der Waals surface area contributed by atoms with E-state index in [0.717, 1.165) is 32.1 Å². The lowest BCUT2D eigenvalue weighted by atomic mass is 10.0. The molecule has 0 fully saturated rings. The molecule has 0 saturated heterocycles. The number of nitrogens with one attached hydrogen (secondary N) is 1. The average Bonchev–Trinajstić information content (AvgIpc) is 3.11. The van der Waals surface area contributed by atoms with Gasteiger partial charge in [0.05, 0.1) is 18.8 Å². The zero-order valence-electron chi connectivity index (χ0n) is 33.4. The van der Waals surface area contributed by atoms with E-state index in [0.29, 0.717) is 12.8 Å². The molecule has 0 radical (unpaired) electrons. The highest BCUT2D eigenvalue weighted by Crippen LogP contribution is 2.17. The lowest BCUT2D eigenvalue weighted by molar-refractivity contribution is -0.131. The van der Waals surface area contributed by atoms with Crippen molar-refractivity contribution in [1.29, 1.82) is 0 Å². The summed E-state index contributed by atoms with van der Waals surface area (Å²) in [6.07, 6.45) is 45.5. The molecule has 294 valence electrons. The number of aliphatic hydroxyl groups is 3. The molecule has 3 unspecified atom stereocenters. The van der Waals surface area contributed by atoms with Gasteiger partial charge in [-0.05, 0) is 12.8 Å². The van der Waals surface area contributed by atoms with Gasteiger partial charge in [-0.2, -0.15) is 0 Å². The van der Waals surface area contributed by atoms with Gasteiger partial charge in [-0.1, -0.05) is 239 Å². The molecule has 3 atom stereocenters. The molecule has 4 N–H and O–H groups in total. The summed E-state index contributed by atoms with van der Waals surface area (Å²) in [7, 11) is 0. The van der Waals surface area contributed by atoms with Crippen LogP contribution >= 0.6 is 0 Å². The zero-order chi connectivity index (χ0) is 35.9. The van der Waals surface area contributed by atoms with Crippen molar-refractivity contribution in [2.24, 2.45) is 0 Å². The summed E-state index contributed by atoms with van der Waals surface area (Å²) < 4.78 is 0. The fourth-order valence-corrected chi connectivity index (χ4v) is 7.19. The van der Waals surface area contributed by atoms with Gasteiger partial charge in [-0.25, -0.2) is 0 Å². The van der Waals surface area contributed by atoms with Crippen LogP contribution in [-0.2, 0) is 4.79 Å². The quantitative estimate of drug-likeness (QED) is 0.0479. The van der Waals surface area contributed by atoms with Crippen LogP contribution in [-0.4, -0.2) is 46.1 Å². The van der Waals surface area contributed by atoms with Crippen LogP contribution in [0.3, 0.4) is 0 Å². The van der Waals surface area contributed by atoms with E-state index in [-0.39, 0.29) is 6.61 Å². The molecule has 0 saturated carbocycles. The summed E-state index contributed by atoms with van der Waals surface area (Å²) in [4.78, 5) is 12.4. The molecule has 0 aromatic rings. The lowest BCUT2D eigenvalue weighted by Gasteiger charge is -2.23. The van der Waals surface area contributed by atoms with E-state index in [4.69, 9.17) is 0 Å². The summed E-state index contributed by atoms with van der Waals surface area (Å²) in [5.74, 6) is -0.469. The number of hydrogen-bond acceptors (Lipinski definition) is 4. The average molecular weight is 696 g/mol. The van der Waals surface area contributed by atoms with E-state index >= 15 is 0 Å². The van der Waals surface area contributed by atoms with Gasteiger partial charge < -0.3 is 20.6 Å². The van der Waals surface area contributed by atoms with Crippen molar-refractivity contribution in [2.75, 3.05) is 6.61 Å². The molecular weight excluding hydrogens is 606 g/mol. The summed E-state index contributed by atoms with van der Waals surface area (Å²) in [5, 5.41) is 33.2. The fraction of sp³-hybridized carbons (Fsp3) is 0.977. The highest BCUT2D eigenvalue weighted by molar-refractivity contribution is 5.80. The first-order chi connectivity index (χ1) is 24.1. The number of carbonyl (C=O) groups excluding carboxylic acids is 1. The molecule has 0 aliphatic carbocycles. The Labute approximate surface area is 307 Å². The van der Waals surface area contributed by atoms with Gasteiger partial charge in [-0.15, -0.1) is 0 Å². The van der Waals surface area contributed by atoms with E-state index < -0.39 is 24.2 Å². The summed E-state index contributed by atoms with van der Waals surface area (Å²) in [5.41, 5.74) is 0. The monoisotopic (exact) mass is 696 g/mol. The maximum atomic E-state index is 12.4. The van der Waals surface area contributed by atoms with Crippen molar-refractivity contribution < 1.29 is 20.1 Å². The van der Waals surface area contributed by atoms with Crippen molar-refractivity contribution in [3.05, 3.63) is 0 Å². The van der Waals surface area contributed by atoms with Crippen molar-refractivity contribution in [2.45, 2.75) is 270 Å². The maximum Gasteiger partial charge on any atom is 0.249 e. The molecule has 0 aliphatic rings. The second kappa shape index (κ2) is 40.1. The topological polar surface area (TPSA) is 89.8 Å². The van der Waals surface area contributed by atoms with E-state index in [1.165, 1.54) is 193 Å². The highest BCUT2D eigenvalue weighted by Gasteiger charge is 2.23. The molecule has 0 heterocycles. The molecular formula is C44H89NO4. The highest BCUT2D eigenvalue weighted by atomic mass is 16.3. The number of aliphatic hydroxyl groups excluding tert-OH is 3. The van der Waals surface area contributed by atoms with Gasteiger partial charge in [0.2, 0.25) is 5.91 Å². The Bertz CT molecular complexity index is 644. The Morgan fingerprint density at radius 3 is 0.918 bits per heavy atom. The minimum absolute atomic E-state index is 0.308. The van der Waals surface area contributed by atoms with Crippen LogP contribution in [0.4, 0.5) is 0 Å². The first-order valence-electron chi connectivity index (χ1n) is 22.3. The van der Waals surface area contributed by atoms with Crippen LogP contribution < -0.4 is 5.32 Å². The van der Waals surface area contributed by atoms with Gasteiger partial charge >= 0.3 is 0 Å². The van der Waals surface area contributed by atoms with Crippen LogP contribution in [0.1, 0.15) is 251 Å². The van der Waals surface area contributed by atoms with Gasteiger partial charge in [0.1, 0.15) is 6.10 Å². The number of amides is 1. The van der Waals surface area contributed by atoms with Crippen LogP contribution in [0.2, 0.25) is 0 Å². The second-order valence-electron chi connectivity index (χ2n) is 15.6. The third-order valence-electron chi connectivity index (χ3n) is 10.7. The Kier molecular flexibility index (Phi) is 39.6. The SMILES string of the molecule is CCCCCCCCCCCCCCCCCCCCCCCCCCCC(O)C(CO)NC(=O)C(O)CCCCCCCCCCCC. The Hall–Kier alpha value is -0.650. The van der Waals surface area contributed by atoms with Crippen molar-refractivity contribution >= 4 is 5.91 Å². The third kappa shape index (κ3) is 35.5. The van der Waals surface area contributed by atoms with Gasteiger partial charge in [0, 0.05) is 0 Å². The number of hydrogen-bond donors (Lipinski definition) is 4. The van der Waals surface area contributed by atoms with Crippen molar-refractivity contribution in [3.63, 3.8) is 0 Å². The Morgan fingerprint density at radius 2 is 0.653 bits per heavy atom. The molecule has 0 aromatic carbocycles. The lowest BCUT2D eigenvalue weighted by Crippen LogP contribution is -2.49. The van der Waals surface area contributed by atoms with Crippen LogP contribution in [0, 0.1) is 0 Å². The van der Waals surface area contributed by atoms with Crippen LogP contribution in [0.25, 0.3) is 0 Å². The number of carbonyl (C=O) groups is 1. The minimum Gasteiger partial charge on any atom is -0.394 e. The Balaban J connectivity index is 3.50. The van der Waals surface area contributed by atoms with Gasteiger partial charge in [-0.3, -0.25) is 4.79 Å². The Morgan fingerprint density at radius 1 is 0.408 bits per heavy atom. The van der Waals surface area contributed by atoms with E-state index in [2.05, 4.69) is 19.2 Å². The van der Waals surface area contributed by atoms with Crippen molar-refractivity contribution in [3.8, 4) is 0 Å². The standard InChI is InChI=1S/C44H89NO4/c1-3-5-7-9-11-13-15-16-17-18-19-20-21-22-23-24-25-26-27-28-29-31-32-34-36-38-42(47)41(40-46)45-44(49)43(48)39-37-35-33-30-14-12-10-8-6-4-2/h41-43,46-48H,3-40H2,1-2H3,(H,45,49). The molecule has 1 amide bonds. The normalized spacial score (nSPS) is 13.5. The summed E-state index contributed by atoms with van der Waals surface area (Å²) >= 11 is 0. The molecule has 0 aromatic heterocycles. The molecule has 0 rings (SSSR count). The maximum absolute atomic E-state index is 12.4. The molecule has 0 bridgehead atoms. The fourth-order valence-electron chi connectivity index (χ4n) is 7.19. The second-order valence-corrected chi connectivity index (χ2v) is 15.6. The molecule has 0 spiro atoms. The summed E-state index contributed by atoms with van der Waals surface area (Å²) in [6, 6.07) is -0.704. The molecule has 49 heavy (non-hydrogen) atoms. The van der Waals surface area contributed by atoms with E-state index in [1.807, 2.05) is 0 Å². The minimum atomic E-state index is -1.07. The van der Waals surface area contributed by atoms with Crippen LogP contribution in [0.15, 0.2) is 0 Å². The number of unbranched alkanes of at least 4 members (excludes halogenated alkanes) is 33. The molecule has 0 aliphatic heterocycles. The third-order valence-corrected chi connectivity index (χ3v) is 10.7. The largest absolute Gasteiger partial charge is 0.394 e. The zero-order valence-corrected chi connectivity index (χ0v) is 33.4. The molecule has 5 heteroatoms. The van der Waals surface area contributed by atoms with Crippen molar-refractivity contribution in [1.82, 2.24) is 5.32 Å². The van der Waals surface area contributed by atoms with Gasteiger partial charge in [0.25, 0.3) is 0 Å². The molecule has 5 nitrogen and oxygen atoms in total. The first kappa shape index (κ1) is 48.3. The van der Waals surface area contributed by atoms with Crippen LogP contribution in [0.5, 0.6) is 0 Å². The first-order valence-corrected chi connectivity index (χ1v) is 22.3. The summed E-state index contributed by atoms with van der Waals surface area (Å²) in [6.45, 7) is 4.23. The predicted molar refractivity (Wildman–Crippen MR) is 213 cm³/mol. The number of rotatable bonds is 41. The predicted octanol–water partition coefficient (Wildman–Crippen LogP) is 12.7. The van der Waals surface area contributed by atoms with E-state index in [1.54, 1.807) is 0 Å². The van der Waals surface area contributed by atoms with E-state index in [9.17, 15) is 20.1 Å². The smallest absolute Gasteiger partial charge is 0.249 e. The van der Waals surface area contributed by atoms with Gasteiger partial charge in [0.15, 0.2) is 0 Å².